The van der Waals surface area contributed by atoms with Crippen LogP contribution in [0.25, 0.3) is 5.76 Å². The number of aliphatic hydroxyl groups is 1. The van der Waals surface area contributed by atoms with Gasteiger partial charge in [0.15, 0.2) is 0 Å². The number of carbonyl (C=O) groups is 2. The largest absolute Gasteiger partial charge is 0.507 e. The minimum Gasteiger partial charge on any atom is -0.507 e. The maximum Gasteiger partial charge on any atom is 0.295 e. The van der Waals surface area contributed by atoms with Crippen molar-refractivity contribution in [1.29, 1.82) is 0 Å². The number of halogens is 1. The van der Waals surface area contributed by atoms with Crippen LogP contribution in [0.15, 0.2) is 54.1 Å². The second-order valence-corrected chi connectivity index (χ2v) is 8.04. The first-order chi connectivity index (χ1) is 14.5. The Labute approximate surface area is 180 Å². The summed E-state index contributed by atoms with van der Waals surface area (Å²) in [4.78, 5) is 27.8. The molecule has 156 valence electrons. The number of Topliss-reactive ketones (excluding diaryl/α,β-unsaturated/α-hetero) is 1. The van der Waals surface area contributed by atoms with Gasteiger partial charge in [-0.25, -0.2) is 0 Å². The van der Waals surface area contributed by atoms with Gasteiger partial charge in [-0.3, -0.25) is 9.59 Å². The monoisotopic (exact) mass is 425 g/mol. The molecule has 1 saturated heterocycles. The van der Waals surface area contributed by atoms with Crippen LogP contribution in [0.3, 0.4) is 0 Å². The van der Waals surface area contributed by atoms with Crippen molar-refractivity contribution in [2.24, 2.45) is 0 Å². The summed E-state index contributed by atoms with van der Waals surface area (Å²) in [6.45, 7) is 2.26. The number of aliphatic hydroxyl groups excluding tert-OH is 1. The Morgan fingerprint density at radius 3 is 2.50 bits per heavy atom. The van der Waals surface area contributed by atoms with Crippen LogP contribution in [0.1, 0.15) is 49.8 Å². The van der Waals surface area contributed by atoms with Gasteiger partial charge in [0.2, 0.25) is 0 Å². The number of ketones is 1. The summed E-state index contributed by atoms with van der Waals surface area (Å²) in [5, 5.41) is 11.6. The summed E-state index contributed by atoms with van der Waals surface area (Å²) in [5.41, 5.74) is 1.32. The highest BCUT2D eigenvalue weighted by Crippen LogP contribution is 2.43. The van der Waals surface area contributed by atoms with E-state index < -0.39 is 17.7 Å². The van der Waals surface area contributed by atoms with Crippen LogP contribution >= 0.6 is 11.6 Å². The van der Waals surface area contributed by atoms with Crippen LogP contribution in [0, 0.1) is 0 Å². The molecule has 2 fully saturated rings. The lowest BCUT2D eigenvalue weighted by molar-refractivity contribution is -0.141. The van der Waals surface area contributed by atoms with E-state index in [4.69, 9.17) is 16.3 Å². The molecule has 1 N–H and O–H groups in total. The molecule has 2 aliphatic rings. The van der Waals surface area contributed by atoms with Crippen LogP contribution < -0.4 is 4.74 Å². The zero-order valence-corrected chi connectivity index (χ0v) is 17.6. The number of hydrogen-bond donors (Lipinski definition) is 1. The first-order valence-corrected chi connectivity index (χ1v) is 10.7. The molecule has 2 aromatic carbocycles. The van der Waals surface area contributed by atoms with Crippen molar-refractivity contribution in [3.8, 4) is 5.75 Å². The predicted octanol–water partition coefficient (Wildman–Crippen LogP) is 5.10. The fraction of sp³-hybridized carbons (Fsp3) is 0.333. The number of nitrogens with zero attached hydrogens (tertiary/aromatic N) is 1. The third-order valence-corrected chi connectivity index (χ3v) is 6.13. The van der Waals surface area contributed by atoms with E-state index in [1.807, 2.05) is 37.3 Å². The molecule has 0 bridgehead atoms. The van der Waals surface area contributed by atoms with Gasteiger partial charge in [-0.15, -0.1) is 0 Å². The number of hydrogen-bond acceptors (Lipinski definition) is 4. The van der Waals surface area contributed by atoms with Crippen LogP contribution in [-0.2, 0) is 9.59 Å². The maximum atomic E-state index is 13.1. The molecular weight excluding hydrogens is 402 g/mol. The van der Waals surface area contributed by atoms with E-state index in [1.165, 1.54) is 0 Å². The smallest absolute Gasteiger partial charge is 0.295 e. The molecule has 30 heavy (non-hydrogen) atoms. The highest BCUT2D eigenvalue weighted by atomic mass is 35.5. The molecule has 1 aliphatic carbocycles. The van der Waals surface area contributed by atoms with E-state index in [-0.39, 0.29) is 17.4 Å². The Kier molecular flexibility index (Phi) is 5.82. The average molecular weight is 426 g/mol. The number of amides is 1. The molecule has 0 aromatic heterocycles. The van der Waals surface area contributed by atoms with E-state index in [0.717, 1.165) is 31.2 Å². The molecule has 6 heteroatoms. The first kappa shape index (κ1) is 20.5. The number of benzene rings is 2. The second kappa shape index (κ2) is 8.52. The Morgan fingerprint density at radius 1 is 1.13 bits per heavy atom. The van der Waals surface area contributed by atoms with E-state index in [0.29, 0.717) is 22.9 Å². The molecule has 1 heterocycles. The number of carbonyl (C=O) groups excluding carboxylic acids is 2. The van der Waals surface area contributed by atoms with E-state index >= 15 is 0 Å². The zero-order chi connectivity index (χ0) is 21.3. The molecule has 1 atom stereocenters. The van der Waals surface area contributed by atoms with Gasteiger partial charge >= 0.3 is 0 Å². The molecule has 1 amide bonds. The third-order valence-electron chi connectivity index (χ3n) is 5.82. The van der Waals surface area contributed by atoms with Gasteiger partial charge in [-0.2, -0.15) is 0 Å². The van der Waals surface area contributed by atoms with Crippen LogP contribution in [0.2, 0.25) is 5.02 Å². The fourth-order valence-corrected chi connectivity index (χ4v) is 4.62. The van der Waals surface area contributed by atoms with Crippen molar-refractivity contribution >= 4 is 29.1 Å². The minimum absolute atomic E-state index is 0.00107. The van der Waals surface area contributed by atoms with Gasteiger partial charge in [0.05, 0.1) is 23.2 Å². The zero-order valence-electron chi connectivity index (χ0n) is 16.8. The average Bonchev–Trinajstić information content (AvgIpc) is 3.37. The summed E-state index contributed by atoms with van der Waals surface area (Å²) in [6.07, 6.45) is 3.80. The van der Waals surface area contributed by atoms with E-state index in [1.54, 1.807) is 23.1 Å². The number of rotatable bonds is 5. The topological polar surface area (TPSA) is 66.8 Å². The van der Waals surface area contributed by atoms with Crippen LogP contribution in [0.5, 0.6) is 5.75 Å². The summed E-state index contributed by atoms with van der Waals surface area (Å²) < 4.78 is 5.52. The normalized spacial score (nSPS) is 21.4. The Bertz CT molecular complexity index is 996. The highest BCUT2D eigenvalue weighted by molar-refractivity contribution is 6.46. The third kappa shape index (κ3) is 3.58. The molecule has 0 radical (unpaired) electrons. The van der Waals surface area contributed by atoms with Gasteiger partial charge in [0.1, 0.15) is 11.5 Å². The van der Waals surface area contributed by atoms with Crippen molar-refractivity contribution in [2.45, 2.75) is 44.7 Å². The van der Waals surface area contributed by atoms with Gasteiger partial charge < -0.3 is 14.7 Å². The lowest BCUT2D eigenvalue weighted by Gasteiger charge is -2.30. The van der Waals surface area contributed by atoms with Crippen LogP contribution in [-0.4, -0.2) is 34.3 Å². The number of likely N-dealkylation sites (tertiary alicyclic amines) is 1. The van der Waals surface area contributed by atoms with Gasteiger partial charge in [0, 0.05) is 11.6 Å². The summed E-state index contributed by atoms with van der Waals surface area (Å²) >= 11 is 6.17. The first-order valence-electron chi connectivity index (χ1n) is 10.3. The Morgan fingerprint density at radius 2 is 1.83 bits per heavy atom. The van der Waals surface area contributed by atoms with Gasteiger partial charge in [-0.05, 0) is 43.5 Å². The summed E-state index contributed by atoms with van der Waals surface area (Å²) in [5.74, 6) is -0.984. The minimum atomic E-state index is -0.652. The highest BCUT2D eigenvalue weighted by Gasteiger charge is 2.49. The van der Waals surface area contributed by atoms with Gasteiger partial charge in [0.25, 0.3) is 11.7 Å². The lowest BCUT2D eigenvalue weighted by atomic mass is 9.94. The molecule has 5 nitrogen and oxygen atoms in total. The Hall–Kier alpha value is -2.79. The summed E-state index contributed by atoms with van der Waals surface area (Å²) in [6, 6.07) is 13.7. The molecule has 1 saturated carbocycles. The summed E-state index contributed by atoms with van der Waals surface area (Å²) in [7, 11) is 0. The predicted molar refractivity (Wildman–Crippen MR) is 115 cm³/mol. The molecule has 4 rings (SSSR count). The maximum absolute atomic E-state index is 13.1. The molecular formula is C24H24ClNO4. The van der Waals surface area contributed by atoms with E-state index in [2.05, 4.69) is 0 Å². The van der Waals surface area contributed by atoms with Crippen molar-refractivity contribution in [3.05, 3.63) is 70.3 Å². The Balaban J connectivity index is 1.86. The van der Waals surface area contributed by atoms with E-state index in [9.17, 15) is 14.7 Å². The number of ether oxygens (including phenoxy) is 1. The van der Waals surface area contributed by atoms with Crippen molar-refractivity contribution < 1.29 is 19.4 Å². The quantitative estimate of drug-likeness (QED) is 0.411. The van der Waals surface area contributed by atoms with Gasteiger partial charge in [-0.1, -0.05) is 54.8 Å². The van der Waals surface area contributed by atoms with Crippen molar-refractivity contribution in [3.63, 3.8) is 0 Å². The molecule has 0 spiro atoms. The SMILES string of the molecule is CCOc1cc(/C(O)=C2/C(=O)C(=O)N(C3CCCC3)C2c2ccccc2)ccc1Cl. The van der Waals surface area contributed by atoms with Crippen LogP contribution in [0.4, 0.5) is 0 Å². The second-order valence-electron chi connectivity index (χ2n) is 7.63. The van der Waals surface area contributed by atoms with Crippen molar-refractivity contribution in [1.82, 2.24) is 4.90 Å². The molecule has 1 unspecified atom stereocenters. The lowest BCUT2D eigenvalue weighted by Crippen LogP contribution is -2.37. The standard InChI is InChI=1S/C24H24ClNO4/c1-2-30-19-14-16(12-13-18(19)25)22(27)20-21(15-8-4-3-5-9-15)26(24(29)23(20)28)17-10-6-7-11-17/h3-5,8-9,12-14,17,21,27H,2,6-7,10-11H2,1H3/b22-20-. The van der Waals surface area contributed by atoms with Crippen molar-refractivity contribution in [2.75, 3.05) is 6.61 Å². The fourth-order valence-electron chi connectivity index (χ4n) is 4.44. The molecule has 1 aliphatic heterocycles. The molecule has 2 aromatic rings.